The number of nitrogens with zero attached hydrogens (tertiary/aromatic N) is 1. The fraction of sp³-hybridized carbons (Fsp3) is 1.00. The minimum Gasteiger partial charge on any atom is -0.311 e. The highest BCUT2D eigenvalue weighted by atomic mass is 15.2. The van der Waals surface area contributed by atoms with Crippen LogP contribution in [0.2, 0.25) is 0 Å². The summed E-state index contributed by atoms with van der Waals surface area (Å²) in [6.45, 7) is 12.0. The largest absolute Gasteiger partial charge is 0.311 e. The maximum Gasteiger partial charge on any atom is 0.0218 e. The van der Waals surface area contributed by atoms with Crippen LogP contribution in [-0.2, 0) is 0 Å². The fourth-order valence-corrected chi connectivity index (χ4v) is 3.31. The number of hydrogen-bond donors (Lipinski definition) is 1. The summed E-state index contributed by atoms with van der Waals surface area (Å²) in [5.74, 6) is 0.764. The summed E-state index contributed by atoms with van der Waals surface area (Å²) in [5.41, 5.74) is 0. The monoisotopic (exact) mass is 296 g/mol. The topological polar surface area (TPSA) is 15.3 Å². The molecule has 2 nitrogen and oxygen atoms in total. The van der Waals surface area contributed by atoms with Gasteiger partial charge >= 0.3 is 0 Å². The molecule has 1 heterocycles. The molecule has 0 saturated carbocycles. The first-order valence-electron chi connectivity index (χ1n) is 9.69. The van der Waals surface area contributed by atoms with Crippen LogP contribution in [0, 0.1) is 5.92 Å². The molecule has 1 N–H and O–H groups in total. The SMILES string of the molecule is CCCCCCCCCCCCN1CCNC(C(C)C)C1. The Balaban J connectivity index is 1.88. The van der Waals surface area contributed by atoms with Crippen molar-refractivity contribution in [3.05, 3.63) is 0 Å². The van der Waals surface area contributed by atoms with E-state index < -0.39 is 0 Å². The minimum atomic E-state index is 0.710. The van der Waals surface area contributed by atoms with E-state index in [4.69, 9.17) is 0 Å². The van der Waals surface area contributed by atoms with Crippen LogP contribution in [-0.4, -0.2) is 37.1 Å². The molecule has 1 atom stereocenters. The zero-order valence-electron chi connectivity index (χ0n) is 15.0. The van der Waals surface area contributed by atoms with Crippen molar-refractivity contribution in [1.29, 1.82) is 0 Å². The Morgan fingerprint density at radius 1 is 0.905 bits per heavy atom. The Kier molecular flexibility index (Phi) is 11.3. The normalized spacial score (nSPS) is 20.3. The summed E-state index contributed by atoms with van der Waals surface area (Å²) in [4.78, 5) is 2.67. The number of piperazine rings is 1. The Morgan fingerprint density at radius 2 is 1.48 bits per heavy atom. The second-order valence-corrected chi connectivity index (χ2v) is 7.29. The Bertz CT molecular complexity index is 228. The molecule has 1 aliphatic heterocycles. The highest BCUT2D eigenvalue weighted by Gasteiger charge is 2.20. The predicted molar refractivity (Wildman–Crippen MR) is 94.9 cm³/mol. The van der Waals surface area contributed by atoms with Crippen molar-refractivity contribution in [2.75, 3.05) is 26.2 Å². The van der Waals surface area contributed by atoms with Crippen LogP contribution in [0.5, 0.6) is 0 Å². The molecule has 0 spiro atoms. The summed E-state index contributed by atoms with van der Waals surface area (Å²) >= 11 is 0. The van der Waals surface area contributed by atoms with Gasteiger partial charge in [-0.25, -0.2) is 0 Å². The van der Waals surface area contributed by atoms with E-state index in [0.717, 1.165) is 5.92 Å². The first-order valence-corrected chi connectivity index (χ1v) is 9.69. The van der Waals surface area contributed by atoms with E-state index in [0.29, 0.717) is 6.04 Å². The fourth-order valence-electron chi connectivity index (χ4n) is 3.31. The number of nitrogens with one attached hydrogen (secondary N) is 1. The van der Waals surface area contributed by atoms with Crippen molar-refractivity contribution < 1.29 is 0 Å². The Labute approximate surface area is 134 Å². The molecule has 126 valence electrons. The van der Waals surface area contributed by atoms with E-state index in [1.54, 1.807) is 0 Å². The molecule has 1 aliphatic rings. The highest BCUT2D eigenvalue weighted by molar-refractivity contribution is 4.80. The second-order valence-electron chi connectivity index (χ2n) is 7.29. The van der Waals surface area contributed by atoms with Gasteiger partial charge in [-0.2, -0.15) is 0 Å². The van der Waals surface area contributed by atoms with Gasteiger partial charge in [-0.1, -0.05) is 78.6 Å². The molecule has 0 bridgehead atoms. The van der Waals surface area contributed by atoms with Crippen LogP contribution in [0.3, 0.4) is 0 Å². The lowest BCUT2D eigenvalue weighted by Crippen LogP contribution is -2.52. The lowest BCUT2D eigenvalue weighted by atomic mass is 10.0. The van der Waals surface area contributed by atoms with Gasteiger partial charge in [0.25, 0.3) is 0 Å². The third-order valence-corrected chi connectivity index (χ3v) is 4.92. The van der Waals surface area contributed by atoms with Gasteiger partial charge in [-0.3, -0.25) is 0 Å². The van der Waals surface area contributed by atoms with Crippen LogP contribution < -0.4 is 5.32 Å². The summed E-state index contributed by atoms with van der Waals surface area (Å²) in [6.07, 6.45) is 14.4. The molecule has 0 aromatic rings. The standard InChI is InChI=1S/C19H40N2/c1-4-5-6-7-8-9-10-11-12-13-15-21-16-14-20-19(17-21)18(2)3/h18-20H,4-17H2,1-3H3. The zero-order valence-corrected chi connectivity index (χ0v) is 15.0. The molecule has 1 saturated heterocycles. The van der Waals surface area contributed by atoms with Crippen molar-refractivity contribution in [2.24, 2.45) is 5.92 Å². The molecule has 1 unspecified atom stereocenters. The molecule has 0 aromatic heterocycles. The van der Waals surface area contributed by atoms with Gasteiger partial charge < -0.3 is 10.2 Å². The third kappa shape index (κ3) is 9.52. The summed E-state index contributed by atoms with van der Waals surface area (Å²) < 4.78 is 0. The Morgan fingerprint density at radius 3 is 2.05 bits per heavy atom. The van der Waals surface area contributed by atoms with Crippen molar-refractivity contribution >= 4 is 0 Å². The van der Waals surface area contributed by atoms with Crippen molar-refractivity contribution in [3.8, 4) is 0 Å². The number of hydrogen-bond acceptors (Lipinski definition) is 2. The molecule has 1 rings (SSSR count). The number of rotatable bonds is 12. The quantitative estimate of drug-likeness (QED) is 0.519. The van der Waals surface area contributed by atoms with Gasteiger partial charge in [0.1, 0.15) is 0 Å². The molecule has 0 aromatic carbocycles. The lowest BCUT2D eigenvalue weighted by Gasteiger charge is -2.35. The van der Waals surface area contributed by atoms with Gasteiger partial charge in [0, 0.05) is 25.7 Å². The highest BCUT2D eigenvalue weighted by Crippen LogP contribution is 2.12. The average Bonchev–Trinajstić information content (AvgIpc) is 2.49. The Hall–Kier alpha value is -0.0800. The van der Waals surface area contributed by atoms with E-state index in [2.05, 4.69) is 31.0 Å². The van der Waals surface area contributed by atoms with Gasteiger partial charge in [0.05, 0.1) is 0 Å². The van der Waals surface area contributed by atoms with Gasteiger partial charge in [0.15, 0.2) is 0 Å². The minimum absolute atomic E-state index is 0.710. The van der Waals surface area contributed by atoms with Crippen LogP contribution in [0.25, 0.3) is 0 Å². The van der Waals surface area contributed by atoms with Crippen molar-refractivity contribution in [1.82, 2.24) is 10.2 Å². The molecule has 0 radical (unpaired) electrons. The van der Waals surface area contributed by atoms with E-state index >= 15 is 0 Å². The molecular weight excluding hydrogens is 256 g/mol. The van der Waals surface area contributed by atoms with Gasteiger partial charge in [-0.05, 0) is 18.9 Å². The molecule has 2 heteroatoms. The zero-order chi connectivity index (χ0) is 15.3. The maximum atomic E-state index is 3.65. The smallest absolute Gasteiger partial charge is 0.0218 e. The molecule has 0 amide bonds. The van der Waals surface area contributed by atoms with Crippen molar-refractivity contribution in [2.45, 2.75) is 91.0 Å². The van der Waals surface area contributed by atoms with E-state index in [9.17, 15) is 0 Å². The first kappa shape index (κ1) is 19.0. The van der Waals surface area contributed by atoms with Crippen molar-refractivity contribution in [3.63, 3.8) is 0 Å². The summed E-state index contributed by atoms with van der Waals surface area (Å²) in [6, 6.07) is 0.710. The van der Waals surface area contributed by atoms with Crippen LogP contribution in [0.4, 0.5) is 0 Å². The van der Waals surface area contributed by atoms with Crippen LogP contribution in [0.15, 0.2) is 0 Å². The van der Waals surface area contributed by atoms with E-state index in [1.807, 2.05) is 0 Å². The van der Waals surface area contributed by atoms with Gasteiger partial charge in [-0.15, -0.1) is 0 Å². The van der Waals surface area contributed by atoms with E-state index in [-0.39, 0.29) is 0 Å². The molecule has 21 heavy (non-hydrogen) atoms. The van der Waals surface area contributed by atoms with Crippen LogP contribution in [0.1, 0.15) is 85.0 Å². The maximum absolute atomic E-state index is 3.65. The molecule has 1 fully saturated rings. The third-order valence-electron chi connectivity index (χ3n) is 4.92. The second kappa shape index (κ2) is 12.5. The average molecular weight is 297 g/mol. The van der Waals surface area contributed by atoms with Crippen LogP contribution >= 0.6 is 0 Å². The lowest BCUT2D eigenvalue weighted by molar-refractivity contribution is 0.172. The van der Waals surface area contributed by atoms with E-state index in [1.165, 1.54) is 90.4 Å². The summed E-state index contributed by atoms with van der Waals surface area (Å²) in [7, 11) is 0. The first-order chi connectivity index (χ1) is 10.2. The molecular formula is C19H40N2. The van der Waals surface area contributed by atoms with Gasteiger partial charge in [0.2, 0.25) is 0 Å². The summed E-state index contributed by atoms with van der Waals surface area (Å²) in [5, 5.41) is 3.65. The predicted octanol–water partition coefficient (Wildman–Crippen LogP) is 4.84. The molecule has 0 aliphatic carbocycles. The number of unbranched alkanes of at least 4 members (excludes halogenated alkanes) is 9.